The highest BCUT2D eigenvalue weighted by Gasteiger charge is 2.30. The summed E-state index contributed by atoms with van der Waals surface area (Å²) in [6.45, 7) is 5.53. The number of hydrogen-bond acceptors (Lipinski definition) is 3. The summed E-state index contributed by atoms with van der Waals surface area (Å²) in [4.78, 5) is 2.48. The topological polar surface area (TPSA) is 53.0 Å². The van der Waals surface area contributed by atoms with Crippen molar-refractivity contribution in [3.8, 4) is 6.07 Å². The van der Waals surface area contributed by atoms with Crippen LogP contribution < -0.4 is 5.73 Å². The fourth-order valence-corrected chi connectivity index (χ4v) is 3.03. The van der Waals surface area contributed by atoms with Crippen LogP contribution in [0.4, 0.5) is 0 Å². The van der Waals surface area contributed by atoms with Crippen LogP contribution in [0.5, 0.6) is 0 Å². The molecular formula is C16H23N3. The van der Waals surface area contributed by atoms with E-state index in [4.69, 9.17) is 11.0 Å². The number of nitriles is 1. The lowest BCUT2D eigenvalue weighted by molar-refractivity contribution is 0.144. The zero-order valence-electron chi connectivity index (χ0n) is 11.8. The van der Waals surface area contributed by atoms with E-state index in [9.17, 15) is 0 Å². The van der Waals surface area contributed by atoms with E-state index in [0.29, 0.717) is 6.04 Å². The van der Waals surface area contributed by atoms with Crippen molar-refractivity contribution in [2.45, 2.75) is 51.2 Å². The van der Waals surface area contributed by atoms with Crippen molar-refractivity contribution in [1.29, 1.82) is 5.26 Å². The van der Waals surface area contributed by atoms with Gasteiger partial charge in [0.05, 0.1) is 17.7 Å². The SMILES string of the molecule is CC(C)N1CCCCC(N)C1c1cccc(C#N)c1. The maximum atomic E-state index is 9.06. The minimum atomic E-state index is 0.152. The summed E-state index contributed by atoms with van der Waals surface area (Å²) in [5, 5.41) is 9.06. The second kappa shape index (κ2) is 6.18. The number of hydrogen-bond donors (Lipinski definition) is 1. The van der Waals surface area contributed by atoms with Crippen molar-refractivity contribution in [2.24, 2.45) is 5.73 Å². The van der Waals surface area contributed by atoms with Crippen molar-refractivity contribution >= 4 is 0 Å². The molecular weight excluding hydrogens is 234 g/mol. The summed E-state index contributed by atoms with van der Waals surface area (Å²) in [6.07, 6.45) is 3.46. The highest BCUT2D eigenvalue weighted by molar-refractivity contribution is 5.35. The van der Waals surface area contributed by atoms with E-state index in [-0.39, 0.29) is 12.1 Å². The second-order valence-corrected chi connectivity index (χ2v) is 5.67. The molecule has 1 aromatic rings. The lowest BCUT2D eigenvalue weighted by Gasteiger charge is -2.36. The van der Waals surface area contributed by atoms with Crippen LogP contribution in [0.3, 0.4) is 0 Å². The molecule has 2 N–H and O–H groups in total. The van der Waals surface area contributed by atoms with Crippen LogP contribution in [-0.4, -0.2) is 23.5 Å². The molecule has 1 aromatic carbocycles. The molecule has 1 aliphatic rings. The van der Waals surface area contributed by atoms with Gasteiger partial charge in [-0.2, -0.15) is 5.26 Å². The maximum absolute atomic E-state index is 9.06. The van der Waals surface area contributed by atoms with Gasteiger partial charge in [-0.3, -0.25) is 4.90 Å². The smallest absolute Gasteiger partial charge is 0.0991 e. The largest absolute Gasteiger partial charge is 0.326 e. The van der Waals surface area contributed by atoms with Gasteiger partial charge in [0.2, 0.25) is 0 Å². The van der Waals surface area contributed by atoms with Gasteiger partial charge in [-0.05, 0) is 50.9 Å². The average Bonchev–Trinajstić information content (AvgIpc) is 2.60. The molecule has 2 unspecified atom stereocenters. The van der Waals surface area contributed by atoms with Crippen molar-refractivity contribution in [1.82, 2.24) is 4.90 Å². The summed E-state index contributed by atoms with van der Waals surface area (Å²) >= 11 is 0. The van der Waals surface area contributed by atoms with E-state index >= 15 is 0 Å². The summed E-state index contributed by atoms with van der Waals surface area (Å²) in [5.41, 5.74) is 8.31. The maximum Gasteiger partial charge on any atom is 0.0991 e. The van der Waals surface area contributed by atoms with Gasteiger partial charge in [0.15, 0.2) is 0 Å². The molecule has 0 aliphatic carbocycles. The molecule has 3 nitrogen and oxygen atoms in total. The highest BCUT2D eigenvalue weighted by Crippen LogP contribution is 2.31. The van der Waals surface area contributed by atoms with Gasteiger partial charge in [0, 0.05) is 12.1 Å². The fraction of sp³-hybridized carbons (Fsp3) is 0.562. The number of likely N-dealkylation sites (tertiary alicyclic amines) is 1. The van der Waals surface area contributed by atoms with Gasteiger partial charge in [0.1, 0.15) is 0 Å². The van der Waals surface area contributed by atoms with E-state index in [0.717, 1.165) is 18.5 Å². The molecule has 0 aromatic heterocycles. The first-order valence-corrected chi connectivity index (χ1v) is 7.15. The molecule has 2 rings (SSSR count). The van der Waals surface area contributed by atoms with Gasteiger partial charge in [-0.15, -0.1) is 0 Å². The Labute approximate surface area is 116 Å². The number of benzene rings is 1. The fourth-order valence-electron chi connectivity index (χ4n) is 3.03. The molecule has 1 heterocycles. The molecule has 1 fully saturated rings. The highest BCUT2D eigenvalue weighted by atomic mass is 15.2. The van der Waals surface area contributed by atoms with Gasteiger partial charge in [-0.1, -0.05) is 18.6 Å². The average molecular weight is 257 g/mol. The predicted molar refractivity (Wildman–Crippen MR) is 77.6 cm³/mol. The Balaban J connectivity index is 2.37. The van der Waals surface area contributed by atoms with Crippen LogP contribution in [-0.2, 0) is 0 Å². The van der Waals surface area contributed by atoms with Crippen LogP contribution in [0, 0.1) is 11.3 Å². The quantitative estimate of drug-likeness (QED) is 0.886. The molecule has 2 atom stereocenters. The number of rotatable bonds is 2. The van der Waals surface area contributed by atoms with Crippen LogP contribution in [0.25, 0.3) is 0 Å². The third-order valence-electron chi connectivity index (χ3n) is 3.99. The zero-order chi connectivity index (χ0) is 13.8. The van der Waals surface area contributed by atoms with E-state index < -0.39 is 0 Å². The summed E-state index contributed by atoms with van der Waals surface area (Å²) in [6, 6.07) is 11.0. The molecule has 19 heavy (non-hydrogen) atoms. The predicted octanol–water partition coefficient (Wildman–Crippen LogP) is 2.82. The van der Waals surface area contributed by atoms with E-state index in [1.165, 1.54) is 18.4 Å². The summed E-state index contributed by atoms with van der Waals surface area (Å²) < 4.78 is 0. The summed E-state index contributed by atoms with van der Waals surface area (Å²) in [5.74, 6) is 0. The lowest BCUT2D eigenvalue weighted by Crippen LogP contribution is -2.43. The lowest BCUT2D eigenvalue weighted by atomic mass is 9.94. The third-order valence-corrected chi connectivity index (χ3v) is 3.99. The Kier molecular flexibility index (Phi) is 4.57. The first-order valence-electron chi connectivity index (χ1n) is 7.15. The second-order valence-electron chi connectivity index (χ2n) is 5.67. The van der Waals surface area contributed by atoms with E-state index in [1.807, 2.05) is 18.2 Å². The Hall–Kier alpha value is -1.37. The molecule has 0 spiro atoms. The molecule has 0 amide bonds. The van der Waals surface area contributed by atoms with Gasteiger partial charge in [0.25, 0.3) is 0 Å². The minimum absolute atomic E-state index is 0.152. The molecule has 102 valence electrons. The van der Waals surface area contributed by atoms with Crippen LogP contribution in [0.15, 0.2) is 24.3 Å². The number of nitrogens with two attached hydrogens (primary N) is 1. The van der Waals surface area contributed by atoms with Gasteiger partial charge < -0.3 is 5.73 Å². The first-order chi connectivity index (χ1) is 9.13. The van der Waals surface area contributed by atoms with Crippen molar-refractivity contribution < 1.29 is 0 Å². The summed E-state index contributed by atoms with van der Waals surface area (Å²) in [7, 11) is 0. The normalized spacial score (nSPS) is 25.0. The first kappa shape index (κ1) is 14.0. The molecule has 0 radical (unpaired) electrons. The molecule has 1 aliphatic heterocycles. The van der Waals surface area contributed by atoms with Crippen molar-refractivity contribution in [3.63, 3.8) is 0 Å². The van der Waals surface area contributed by atoms with Crippen LogP contribution >= 0.6 is 0 Å². The molecule has 1 saturated heterocycles. The van der Waals surface area contributed by atoms with Crippen LogP contribution in [0.2, 0.25) is 0 Å². The van der Waals surface area contributed by atoms with Crippen LogP contribution in [0.1, 0.15) is 50.3 Å². The zero-order valence-corrected chi connectivity index (χ0v) is 11.8. The van der Waals surface area contributed by atoms with Crippen molar-refractivity contribution in [3.05, 3.63) is 35.4 Å². The standard InChI is InChI=1S/C16H23N3/c1-12(2)19-9-4-3-8-15(18)16(19)14-7-5-6-13(10-14)11-17/h5-7,10,12,15-16H,3-4,8-9,18H2,1-2H3. The van der Waals surface area contributed by atoms with Gasteiger partial charge in [-0.25, -0.2) is 0 Å². The Morgan fingerprint density at radius 1 is 1.37 bits per heavy atom. The number of nitrogens with zero attached hydrogens (tertiary/aromatic N) is 2. The Morgan fingerprint density at radius 3 is 2.84 bits per heavy atom. The van der Waals surface area contributed by atoms with E-state index in [1.54, 1.807) is 0 Å². The van der Waals surface area contributed by atoms with Crippen molar-refractivity contribution in [2.75, 3.05) is 6.54 Å². The molecule has 3 heteroatoms. The minimum Gasteiger partial charge on any atom is -0.326 e. The molecule has 0 saturated carbocycles. The monoisotopic (exact) mass is 257 g/mol. The van der Waals surface area contributed by atoms with Gasteiger partial charge >= 0.3 is 0 Å². The Morgan fingerprint density at radius 2 is 2.16 bits per heavy atom. The third kappa shape index (κ3) is 3.15. The Bertz CT molecular complexity index is 461. The van der Waals surface area contributed by atoms with E-state index in [2.05, 4.69) is 30.9 Å². The molecule has 0 bridgehead atoms.